The molecule has 0 aromatic heterocycles. The number of benzene rings is 1. The summed E-state index contributed by atoms with van der Waals surface area (Å²) < 4.78 is 5.73. The molecule has 1 aromatic rings. The standard InChI is InChI=1S/C13H18N2O3/c1-9-11(3-2-4-13(9)15(16)17)8-18-12-5-10(6-12)7-14/h2-4,10,12H,5-8,14H2,1H3. The summed E-state index contributed by atoms with van der Waals surface area (Å²) in [5, 5.41) is 10.8. The van der Waals surface area contributed by atoms with E-state index in [1.165, 1.54) is 6.07 Å². The molecule has 98 valence electrons. The summed E-state index contributed by atoms with van der Waals surface area (Å²) in [4.78, 5) is 10.5. The lowest BCUT2D eigenvalue weighted by Gasteiger charge is -2.34. The van der Waals surface area contributed by atoms with Crippen molar-refractivity contribution in [3.05, 3.63) is 39.4 Å². The summed E-state index contributed by atoms with van der Waals surface area (Å²) >= 11 is 0. The van der Waals surface area contributed by atoms with Crippen molar-refractivity contribution in [2.75, 3.05) is 6.54 Å². The van der Waals surface area contributed by atoms with Gasteiger partial charge in [-0.15, -0.1) is 0 Å². The van der Waals surface area contributed by atoms with E-state index < -0.39 is 0 Å². The zero-order valence-electron chi connectivity index (χ0n) is 10.5. The predicted octanol–water partition coefficient (Wildman–Crippen LogP) is 2.16. The molecule has 2 N–H and O–H groups in total. The van der Waals surface area contributed by atoms with Gasteiger partial charge >= 0.3 is 0 Å². The van der Waals surface area contributed by atoms with Crippen molar-refractivity contribution in [3.63, 3.8) is 0 Å². The number of hydrogen-bond donors (Lipinski definition) is 1. The number of ether oxygens (including phenoxy) is 1. The second-order valence-electron chi connectivity index (χ2n) is 4.82. The molecular formula is C13H18N2O3. The fourth-order valence-corrected chi connectivity index (χ4v) is 2.23. The Morgan fingerprint density at radius 3 is 2.83 bits per heavy atom. The van der Waals surface area contributed by atoms with Crippen LogP contribution in [0, 0.1) is 23.0 Å². The van der Waals surface area contributed by atoms with E-state index in [0.717, 1.165) is 24.9 Å². The molecule has 0 amide bonds. The summed E-state index contributed by atoms with van der Waals surface area (Å²) in [5.41, 5.74) is 7.29. The normalized spacial score (nSPS) is 22.6. The molecule has 2 rings (SSSR count). The molecule has 1 aromatic carbocycles. The SMILES string of the molecule is Cc1c(COC2CC(CN)C2)cccc1[N+](=O)[O-]. The third kappa shape index (κ3) is 2.68. The van der Waals surface area contributed by atoms with Gasteiger partial charge in [0.05, 0.1) is 17.6 Å². The number of hydrogen-bond acceptors (Lipinski definition) is 4. The second-order valence-corrected chi connectivity index (χ2v) is 4.82. The second kappa shape index (κ2) is 5.46. The van der Waals surface area contributed by atoms with Gasteiger partial charge in [0, 0.05) is 11.6 Å². The third-order valence-electron chi connectivity index (χ3n) is 3.61. The smallest absolute Gasteiger partial charge is 0.272 e. The van der Waals surface area contributed by atoms with E-state index in [1.807, 2.05) is 6.07 Å². The topological polar surface area (TPSA) is 78.4 Å². The molecule has 1 aliphatic carbocycles. The van der Waals surface area contributed by atoms with Gasteiger partial charge in [-0.05, 0) is 37.8 Å². The molecule has 0 heterocycles. The van der Waals surface area contributed by atoms with Gasteiger partial charge in [0.2, 0.25) is 0 Å². The van der Waals surface area contributed by atoms with Crippen LogP contribution >= 0.6 is 0 Å². The first-order chi connectivity index (χ1) is 8.61. The summed E-state index contributed by atoms with van der Waals surface area (Å²) in [6, 6.07) is 5.10. The zero-order valence-corrected chi connectivity index (χ0v) is 10.5. The molecule has 0 bridgehead atoms. The molecule has 1 saturated carbocycles. The average molecular weight is 250 g/mol. The van der Waals surface area contributed by atoms with Crippen molar-refractivity contribution in [3.8, 4) is 0 Å². The minimum Gasteiger partial charge on any atom is -0.374 e. The van der Waals surface area contributed by atoms with Gasteiger partial charge in [0.25, 0.3) is 5.69 Å². The quantitative estimate of drug-likeness (QED) is 0.641. The van der Waals surface area contributed by atoms with Crippen LogP contribution in [0.3, 0.4) is 0 Å². The Balaban J connectivity index is 1.94. The Hall–Kier alpha value is -1.46. The average Bonchev–Trinajstić information content (AvgIpc) is 2.29. The fourth-order valence-electron chi connectivity index (χ4n) is 2.23. The maximum absolute atomic E-state index is 10.8. The highest BCUT2D eigenvalue weighted by Crippen LogP contribution is 2.30. The molecule has 0 spiro atoms. The lowest BCUT2D eigenvalue weighted by Crippen LogP contribution is -2.35. The van der Waals surface area contributed by atoms with Crippen LogP contribution in [0.5, 0.6) is 0 Å². The van der Waals surface area contributed by atoms with Crippen LogP contribution in [0.2, 0.25) is 0 Å². The maximum Gasteiger partial charge on any atom is 0.272 e. The summed E-state index contributed by atoms with van der Waals surface area (Å²) in [7, 11) is 0. The van der Waals surface area contributed by atoms with E-state index in [4.69, 9.17) is 10.5 Å². The van der Waals surface area contributed by atoms with Gasteiger partial charge < -0.3 is 10.5 Å². The molecule has 1 aliphatic rings. The Labute approximate surface area is 106 Å². The molecule has 1 fully saturated rings. The van der Waals surface area contributed by atoms with Gasteiger partial charge in [-0.25, -0.2) is 0 Å². The first kappa shape index (κ1) is 13.0. The fraction of sp³-hybridized carbons (Fsp3) is 0.538. The van der Waals surface area contributed by atoms with Crippen LogP contribution in [0.4, 0.5) is 5.69 Å². The molecule has 5 nitrogen and oxygen atoms in total. The third-order valence-corrected chi connectivity index (χ3v) is 3.61. The van der Waals surface area contributed by atoms with Gasteiger partial charge in [-0.3, -0.25) is 10.1 Å². The minimum absolute atomic E-state index is 0.157. The van der Waals surface area contributed by atoms with Crippen LogP contribution in [-0.4, -0.2) is 17.6 Å². The molecule has 0 saturated heterocycles. The largest absolute Gasteiger partial charge is 0.374 e. The van der Waals surface area contributed by atoms with Gasteiger partial charge in [-0.1, -0.05) is 12.1 Å². The summed E-state index contributed by atoms with van der Waals surface area (Å²) in [6.45, 7) is 2.92. The van der Waals surface area contributed by atoms with E-state index in [-0.39, 0.29) is 16.7 Å². The molecular weight excluding hydrogens is 232 g/mol. The van der Waals surface area contributed by atoms with Crippen LogP contribution in [0.25, 0.3) is 0 Å². The van der Waals surface area contributed by atoms with Crippen LogP contribution in [0.15, 0.2) is 18.2 Å². The number of nitrogens with two attached hydrogens (primary N) is 1. The van der Waals surface area contributed by atoms with Crippen molar-refractivity contribution >= 4 is 5.69 Å². The monoisotopic (exact) mass is 250 g/mol. The highest BCUT2D eigenvalue weighted by molar-refractivity contribution is 5.44. The molecule has 0 unspecified atom stereocenters. The lowest BCUT2D eigenvalue weighted by atomic mass is 9.82. The number of nitrogens with zero attached hydrogens (tertiary/aromatic N) is 1. The summed E-state index contributed by atoms with van der Waals surface area (Å²) in [6.07, 6.45) is 2.27. The highest BCUT2D eigenvalue weighted by atomic mass is 16.6. The van der Waals surface area contributed by atoms with Gasteiger partial charge in [0.15, 0.2) is 0 Å². The Morgan fingerprint density at radius 1 is 1.50 bits per heavy atom. The molecule has 0 atom stereocenters. The van der Waals surface area contributed by atoms with E-state index in [1.54, 1.807) is 13.0 Å². The lowest BCUT2D eigenvalue weighted by molar-refractivity contribution is -0.385. The van der Waals surface area contributed by atoms with E-state index in [9.17, 15) is 10.1 Å². The highest BCUT2D eigenvalue weighted by Gasteiger charge is 2.28. The number of nitro groups is 1. The van der Waals surface area contributed by atoms with E-state index >= 15 is 0 Å². The zero-order chi connectivity index (χ0) is 13.1. The number of nitro benzene ring substituents is 1. The molecule has 0 aliphatic heterocycles. The van der Waals surface area contributed by atoms with Gasteiger partial charge in [-0.2, -0.15) is 0 Å². The van der Waals surface area contributed by atoms with E-state index in [0.29, 0.717) is 18.1 Å². The molecule has 0 radical (unpaired) electrons. The first-order valence-corrected chi connectivity index (χ1v) is 6.16. The Kier molecular flexibility index (Phi) is 3.93. The van der Waals surface area contributed by atoms with E-state index in [2.05, 4.69) is 0 Å². The van der Waals surface area contributed by atoms with Crippen molar-refractivity contribution in [1.82, 2.24) is 0 Å². The van der Waals surface area contributed by atoms with Crippen molar-refractivity contribution in [1.29, 1.82) is 0 Å². The Morgan fingerprint density at radius 2 is 2.22 bits per heavy atom. The molecule has 18 heavy (non-hydrogen) atoms. The van der Waals surface area contributed by atoms with Crippen LogP contribution in [0.1, 0.15) is 24.0 Å². The van der Waals surface area contributed by atoms with Crippen molar-refractivity contribution in [2.24, 2.45) is 11.7 Å². The van der Waals surface area contributed by atoms with Crippen LogP contribution in [-0.2, 0) is 11.3 Å². The predicted molar refractivity (Wildman–Crippen MR) is 68.2 cm³/mol. The van der Waals surface area contributed by atoms with Gasteiger partial charge in [0.1, 0.15) is 0 Å². The van der Waals surface area contributed by atoms with Crippen LogP contribution < -0.4 is 5.73 Å². The maximum atomic E-state index is 10.8. The van der Waals surface area contributed by atoms with Crippen molar-refractivity contribution in [2.45, 2.75) is 32.5 Å². The molecule has 5 heteroatoms. The Bertz CT molecular complexity index is 442. The first-order valence-electron chi connectivity index (χ1n) is 6.16. The minimum atomic E-state index is -0.355. The number of rotatable bonds is 5. The van der Waals surface area contributed by atoms with Crippen molar-refractivity contribution < 1.29 is 9.66 Å². The summed E-state index contributed by atoms with van der Waals surface area (Å²) in [5.74, 6) is 0.584.